The van der Waals surface area contributed by atoms with E-state index in [1.54, 1.807) is 39.0 Å². The number of carbonyl (C=O) groups excluding carboxylic acids is 2. The maximum Gasteiger partial charge on any atom is 0.407 e. The van der Waals surface area contributed by atoms with E-state index in [9.17, 15) is 14.0 Å². The monoisotopic (exact) mass is 436 g/mol. The Morgan fingerprint density at radius 3 is 2.37 bits per heavy atom. The van der Waals surface area contributed by atoms with E-state index in [0.717, 1.165) is 5.56 Å². The number of ether oxygens (including phenoxy) is 1. The van der Waals surface area contributed by atoms with Crippen LogP contribution in [-0.4, -0.2) is 24.1 Å². The molecule has 0 aliphatic rings. The predicted octanol–water partition coefficient (Wildman–Crippen LogP) is 4.91. The zero-order chi connectivity index (χ0) is 20.0. The van der Waals surface area contributed by atoms with E-state index in [1.807, 2.05) is 12.1 Å². The molecular formula is C20H22BrFN2O3. The van der Waals surface area contributed by atoms with Gasteiger partial charge in [0.25, 0.3) is 5.91 Å². The standard InChI is InChI=1S/C20H22BrFN2O3/c1-20(2,3)27-19(26)23-11-10-13-4-7-15(8-5-13)24-18(25)16-9-6-14(21)12-17(16)22/h4-9,12H,10-11H2,1-3H3,(H,23,26)(H,24,25). The minimum absolute atomic E-state index is 0.0242. The second-order valence-corrected chi connectivity index (χ2v) is 7.87. The topological polar surface area (TPSA) is 67.4 Å². The predicted molar refractivity (Wildman–Crippen MR) is 106 cm³/mol. The second-order valence-electron chi connectivity index (χ2n) is 6.95. The Balaban J connectivity index is 1.86. The van der Waals surface area contributed by atoms with Gasteiger partial charge in [0, 0.05) is 16.7 Å². The van der Waals surface area contributed by atoms with Crippen LogP contribution in [0.4, 0.5) is 14.9 Å². The van der Waals surface area contributed by atoms with Gasteiger partial charge in [0.05, 0.1) is 5.56 Å². The van der Waals surface area contributed by atoms with Crippen molar-refractivity contribution in [2.24, 2.45) is 0 Å². The number of nitrogens with one attached hydrogen (secondary N) is 2. The van der Waals surface area contributed by atoms with Gasteiger partial charge in [-0.3, -0.25) is 4.79 Å². The zero-order valence-electron chi connectivity index (χ0n) is 15.4. The molecule has 5 nitrogen and oxygen atoms in total. The summed E-state index contributed by atoms with van der Waals surface area (Å²) >= 11 is 3.16. The van der Waals surface area contributed by atoms with Crippen LogP contribution >= 0.6 is 15.9 Å². The van der Waals surface area contributed by atoms with Crippen LogP contribution in [0, 0.1) is 5.82 Å². The molecule has 2 aromatic carbocycles. The Morgan fingerprint density at radius 1 is 1.11 bits per heavy atom. The molecular weight excluding hydrogens is 415 g/mol. The molecule has 0 saturated carbocycles. The fraction of sp³-hybridized carbons (Fsp3) is 0.300. The smallest absolute Gasteiger partial charge is 0.407 e. The summed E-state index contributed by atoms with van der Waals surface area (Å²) in [5.74, 6) is -1.11. The largest absolute Gasteiger partial charge is 0.444 e. The number of amides is 2. The molecule has 2 N–H and O–H groups in total. The summed E-state index contributed by atoms with van der Waals surface area (Å²) in [7, 11) is 0. The zero-order valence-corrected chi connectivity index (χ0v) is 17.0. The number of carbonyl (C=O) groups is 2. The second kappa shape index (κ2) is 8.99. The average molecular weight is 437 g/mol. The van der Waals surface area contributed by atoms with Crippen molar-refractivity contribution in [2.45, 2.75) is 32.8 Å². The summed E-state index contributed by atoms with van der Waals surface area (Å²) in [6.07, 6.45) is 0.164. The number of hydrogen-bond acceptors (Lipinski definition) is 3. The summed E-state index contributed by atoms with van der Waals surface area (Å²) in [5.41, 5.74) is 0.993. The molecule has 0 unspecified atom stereocenters. The summed E-state index contributed by atoms with van der Waals surface area (Å²) in [6, 6.07) is 11.4. The average Bonchev–Trinajstić information content (AvgIpc) is 2.54. The van der Waals surface area contributed by atoms with Gasteiger partial charge in [-0.1, -0.05) is 28.1 Å². The van der Waals surface area contributed by atoms with Crippen LogP contribution in [0.3, 0.4) is 0 Å². The van der Waals surface area contributed by atoms with E-state index < -0.39 is 23.4 Å². The third-order valence-corrected chi connectivity index (χ3v) is 3.96. The number of benzene rings is 2. The van der Waals surface area contributed by atoms with Gasteiger partial charge in [0.1, 0.15) is 11.4 Å². The van der Waals surface area contributed by atoms with Crippen molar-refractivity contribution < 1.29 is 18.7 Å². The van der Waals surface area contributed by atoms with Crippen molar-refractivity contribution in [2.75, 3.05) is 11.9 Å². The molecule has 0 fully saturated rings. The van der Waals surface area contributed by atoms with Crippen molar-refractivity contribution in [1.29, 1.82) is 0 Å². The van der Waals surface area contributed by atoms with Gasteiger partial charge < -0.3 is 15.4 Å². The first kappa shape index (κ1) is 20.9. The normalized spacial score (nSPS) is 11.0. The number of alkyl carbamates (subject to hydrolysis) is 1. The summed E-state index contributed by atoms with van der Waals surface area (Å²) in [6.45, 7) is 5.85. The van der Waals surface area contributed by atoms with Gasteiger partial charge >= 0.3 is 6.09 Å². The van der Waals surface area contributed by atoms with Crippen LogP contribution in [0.1, 0.15) is 36.7 Å². The van der Waals surface area contributed by atoms with Crippen molar-refractivity contribution in [3.63, 3.8) is 0 Å². The van der Waals surface area contributed by atoms with Crippen molar-refractivity contribution >= 4 is 33.6 Å². The summed E-state index contributed by atoms with van der Waals surface area (Å²) < 4.78 is 19.6. The minimum Gasteiger partial charge on any atom is -0.444 e. The Kier molecular flexibility index (Phi) is 6.96. The third-order valence-electron chi connectivity index (χ3n) is 3.47. The van der Waals surface area contributed by atoms with Crippen LogP contribution in [0.25, 0.3) is 0 Å². The molecule has 2 aromatic rings. The number of halogens is 2. The van der Waals surface area contributed by atoms with Gasteiger partial charge in [-0.2, -0.15) is 0 Å². The van der Waals surface area contributed by atoms with Crippen LogP contribution in [0.2, 0.25) is 0 Å². The Hall–Kier alpha value is -2.41. The Bertz CT molecular complexity index is 817. The Morgan fingerprint density at radius 2 is 1.78 bits per heavy atom. The SMILES string of the molecule is CC(C)(C)OC(=O)NCCc1ccc(NC(=O)c2ccc(Br)cc2F)cc1. The molecule has 7 heteroatoms. The molecule has 0 radical (unpaired) electrons. The van der Waals surface area contributed by atoms with Gasteiger partial charge in [0.2, 0.25) is 0 Å². The summed E-state index contributed by atoms with van der Waals surface area (Å²) in [5, 5.41) is 5.35. The first-order chi connectivity index (χ1) is 12.6. The van der Waals surface area contributed by atoms with E-state index in [-0.39, 0.29) is 5.56 Å². The lowest BCUT2D eigenvalue weighted by Crippen LogP contribution is -2.33. The van der Waals surface area contributed by atoms with Crippen molar-refractivity contribution in [3.8, 4) is 0 Å². The van der Waals surface area contributed by atoms with E-state index in [4.69, 9.17) is 4.74 Å². The number of anilines is 1. The minimum atomic E-state index is -0.591. The van der Waals surface area contributed by atoms with Gasteiger partial charge in [-0.05, 0) is 63.1 Å². The molecule has 2 amide bonds. The third kappa shape index (κ3) is 7.02. The van der Waals surface area contributed by atoms with Gasteiger partial charge in [-0.15, -0.1) is 0 Å². The maximum absolute atomic E-state index is 13.8. The van der Waals surface area contributed by atoms with Crippen molar-refractivity contribution in [3.05, 3.63) is 63.9 Å². The highest BCUT2D eigenvalue weighted by atomic mass is 79.9. The quantitative estimate of drug-likeness (QED) is 0.699. The number of hydrogen-bond donors (Lipinski definition) is 2. The lowest BCUT2D eigenvalue weighted by molar-refractivity contribution is 0.0528. The number of rotatable bonds is 5. The lowest BCUT2D eigenvalue weighted by atomic mass is 10.1. The molecule has 0 aliphatic carbocycles. The molecule has 0 saturated heterocycles. The fourth-order valence-corrected chi connectivity index (χ4v) is 2.58. The highest BCUT2D eigenvalue weighted by molar-refractivity contribution is 9.10. The highest BCUT2D eigenvalue weighted by Crippen LogP contribution is 2.17. The first-order valence-electron chi connectivity index (χ1n) is 8.46. The molecule has 2 rings (SSSR count). The molecule has 0 aromatic heterocycles. The van der Waals surface area contributed by atoms with Crippen LogP contribution in [0.5, 0.6) is 0 Å². The maximum atomic E-state index is 13.8. The molecule has 0 bridgehead atoms. The van der Waals surface area contributed by atoms with E-state index in [2.05, 4.69) is 26.6 Å². The lowest BCUT2D eigenvalue weighted by Gasteiger charge is -2.19. The molecule has 0 atom stereocenters. The van der Waals surface area contributed by atoms with Gasteiger partial charge in [-0.25, -0.2) is 9.18 Å². The Labute approximate surface area is 166 Å². The van der Waals surface area contributed by atoms with E-state index >= 15 is 0 Å². The van der Waals surface area contributed by atoms with Crippen LogP contribution in [-0.2, 0) is 11.2 Å². The molecule has 27 heavy (non-hydrogen) atoms. The highest BCUT2D eigenvalue weighted by Gasteiger charge is 2.15. The van der Waals surface area contributed by atoms with Crippen LogP contribution in [0.15, 0.2) is 46.9 Å². The first-order valence-corrected chi connectivity index (χ1v) is 9.25. The van der Waals surface area contributed by atoms with Crippen molar-refractivity contribution in [1.82, 2.24) is 5.32 Å². The van der Waals surface area contributed by atoms with Gasteiger partial charge in [0.15, 0.2) is 0 Å². The van der Waals surface area contributed by atoms with Crippen LogP contribution < -0.4 is 10.6 Å². The van der Waals surface area contributed by atoms with E-state index in [1.165, 1.54) is 12.1 Å². The fourth-order valence-electron chi connectivity index (χ4n) is 2.25. The molecule has 144 valence electrons. The molecule has 0 heterocycles. The molecule has 0 aliphatic heterocycles. The molecule has 0 spiro atoms. The van der Waals surface area contributed by atoms with E-state index in [0.29, 0.717) is 23.1 Å². The summed E-state index contributed by atoms with van der Waals surface area (Å²) in [4.78, 5) is 23.8.